The van der Waals surface area contributed by atoms with E-state index in [4.69, 9.17) is 0 Å². The Hall–Kier alpha value is -2.18. The van der Waals surface area contributed by atoms with Crippen molar-refractivity contribution in [3.05, 3.63) is 54.5 Å². The van der Waals surface area contributed by atoms with E-state index in [1.165, 1.54) is 16.5 Å². The second-order valence-corrected chi connectivity index (χ2v) is 11.7. The van der Waals surface area contributed by atoms with Crippen molar-refractivity contribution in [2.24, 2.45) is 5.92 Å². The van der Waals surface area contributed by atoms with Crippen LogP contribution in [0.3, 0.4) is 0 Å². The molecule has 0 fully saturated rings. The van der Waals surface area contributed by atoms with Gasteiger partial charge in [0.2, 0.25) is 10.0 Å². The minimum Gasteiger partial charge on any atom is -0.347 e. The molecule has 2 aromatic heterocycles. The molecule has 3 aromatic rings. The Balaban J connectivity index is 1.98. The van der Waals surface area contributed by atoms with E-state index in [0.29, 0.717) is 18.9 Å². The van der Waals surface area contributed by atoms with Gasteiger partial charge in [0.05, 0.1) is 5.25 Å². The third-order valence-electron chi connectivity index (χ3n) is 5.64. The van der Waals surface area contributed by atoms with Crippen LogP contribution in [-0.2, 0) is 23.0 Å². The fourth-order valence-corrected chi connectivity index (χ4v) is 5.49. The van der Waals surface area contributed by atoms with Gasteiger partial charge in [-0.05, 0) is 74.9 Å². The lowest BCUT2D eigenvalue weighted by Gasteiger charge is -2.27. The van der Waals surface area contributed by atoms with E-state index in [1.54, 1.807) is 18.2 Å². The quantitative estimate of drug-likeness (QED) is 0.450. The number of sulfonamides is 1. The van der Waals surface area contributed by atoms with Crippen LogP contribution in [0.25, 0.3) is 22.0 Å². The summed E-state index contributed by atoms with van der Waals surface area (Å²) in [5.74, 6) is 0.515. The third-order valence-corrected chi connectivity index (χ3v) is 8.09. The zero-order valence-electron chi connectivity index (χ0n) is 19.5. The molecule has 0 saturated carbocycles. The molecule has 0 amide bonds. The van der Waals surface area contributed by atoms with E-state index in [9.17, 15) is 8.42 Å². The molecule has 0 aliphatic carbocycles. The lowest BCUT2D eigenvalue weighted by molar-refractivity contribution is 0.354. The Morgan fingerprint density at radius 2 is 1.65 bits per heavy atom. The maximum absolute atomic E-state index is 12.8. The average molecular weight is 442 g/mol. The van der Waals surface area contributed by atoms with Gasteiger partial charge in [0.1, 0.15) is 0 Å². The van der Waals surface area contributed by atoms with Crippen molar-refractivity contribution in [1.29, 1.82) is 0 Å². The summed E-state index contributed by atoms with van der Waals surface area (Å²) >= 11 is 0. The summed E-state index contributed by atoms with van der Waals surface area (Å²) in [7, 11) is -3.30. The SMILES string of the molecule is CC(C)Cn1cc(CCN(C(C)C)S(=O)(=O)C(C)C)c2ccc(-c3ccncc3)cc21. The first-order valence-electron chi connectivity index (χ1n) is 11.1. The van der Waals surface area contributed by atoms with Crippen molar-refractivity contribution in [3.8, 4) is 11.1 Å². The summed E-state index contributed by atoms with van der Waals surface area (Å²) in [6, 6.07) is 10.5. The maximum atomic E-state index is 12.8. The maximum Gasteiger partial charge on any atom is 0.216 e. The highest BCUT2D eigenvalue weighted by Gasteiger charge is 2.28. The van der Waals surface area contributed by atoms with Gasteiger partial charge in [-0.1, -0.05) is 26.0 Å². The summed E-state index contributed by atoms with van der Waals surface area (Å²) in [5, 5.41) is 0.782. The molecule has 0 unspecified atom stereocenters. The molecule has 0 radical (unpaired) electrons. The number of hydrogen-bond acceptors (Lipinski definition) is 3. The van der Waals surface area contributed by atoms with Gasteiger partial charge in [-0.2, -0.15) is 4.31 Å². The molecule has 2 heterocycles. The monoisotopic (exact) mass is 441 g/mol. The zero-order chi connectivity index (χ0) is 22.8. The molecule has 6 heteroatoms. The highest BCUT2D eigenvalue weighted by Crippen LogP contribution is 2.29. The Kier molecular flexibility index (Phi) is 7.22. The fourth-order valence-electron chi connectivity index (χ4n) is 4.02. The van der Waals surface area contributed by atoms with E-state index in [1.807, 2.05) is 38.4 Å². The summed E-state index contributed by atoms with van der Waals surface area (Å²) in [5.41, 5.74) is 4.70. The molecule has 1 aromatic carbocycles. The molecule has 0 atom stereocenters. The second-order valence-electron chi connectivity index (χ2n) is 9.22. The smallest absolute Gasteiger partial charge is 0.216 e. The van der Waals surface area contributed by atoms with Gasteiger partial charge in [0, 0.05) is 48.6 Å². The van der Waals surface area contributed by atoms with Crippen LogP contribution in [0.4, 0.5) is 0 Å². The van der Waals surface area contributed by atoms with Crippen LogP contribution in [0.2, 0.25) is 0 Å². The average Bonchev–Trinajstić information content (AvgIpc) is 3.04. The summed E-state index contributed by atoms with van der Waals surface area (Å²) in [4.78, 5) is 4.12. The van der Waals surface area contributed by atoms with Gasteiger partial charge in [0.15, 0.2) is 0 Å². The first kappa shape index (κ1) is 23.5. The molecule has 5 nitrogen and oxygen atoms in total. The van der Waals surface area contributed by atoms with Crippen molar-refractivity contribution in [2.45, 2.75) is 65.8 Å². The van der Waals surface area contributed by atoms with Crippen LogP contribution < -0.4 is 0 Å². The topological polar surface area (TPSA) is 55.2 Å². The first-order valence-corrected chi connectivity index (χ1v) is 12.6. The lowest BCUT2D eigenvalue weighted by Crippen LogP contribution is -2.42. The third kappa shape index (κ3) is 5.18. The fraction of sp³-hybridized carbons (Fsp3) is 0.480. The van der Waals surface area contributed by atoms with Crippen LogP contribution >= 0.6 is 0 Å². The molecular weight excluding hydrogens is 406 g/mol. The van der Waals surface area contributed by atoms with Gasteiger partial charge in [-0.25, -0.2) is 8.42 Å². The Bertz CT molecular complexity index is 1120. The van der Waals surface area contributed by atoms with Crippen molar-refractivity contribution < 1.29 is 8.42 Å². The van der Waals surface area contributed by atoms with E-state index in [2.05, 4.69) is 47.8 Å². The van der Waals surface area contributed by atoms with E-state index < -0.39 is 15.3 Å². The number of pyridine rings is 1. The van der Waals surface area contributed by atoms with E-state index in [-0.39, 0.29) is 6.04 Å². The predicted molar refractivity (Wildman–Crippen MR) is 130 cm³/mol. The van der Waals surface area contributed by atoms with Crippen LogP contribution in [0.1, 0.15) is 47.1 Å². The van der Waals surface area contributed by atoms with Crippen LogP contribution in [0.15, 0.2) is 48.9 Å². The van der Waals surface area contributed by atoms with Crippen molar-refractivity contribution in [1.82, 2.24) is 13.9 Å². The predicted octanol–water partition coefficient (Wildman–Crippen LogP) is 5.35. The highest BCUT2D eigenvalue weighted by atomic mass is 32.2. The summed E-state index contributed by atoms with van der Waals surface area (Å²) in [6.07, 6.45) is 6.53. The normalized spacial score (nSPS) is 12.7. The van der Waals surface area contributed by atoms with Gasteiger partial charge in [0.25, 0.3) is 0 Å². The molecule has 0 N–H and O–H groups in total. The molecule has 0 spiro atoms. The minimum atomic E-state index is -3.30. The Labute approximate surface area is 187 Å². The Morgan fingerprint density at radius 1 is 0.968 bits per heavy atom. The highest BCUT2D eigenvalue weighted by molar-refractivity contribution is 7.89. The van der Waals surface area contributed by atoms with Gasteiger partial charge >= 0.3 is 0 Å². The van der Waals surface area contributed by atoms with Gasteiger partial charge in [-0.3, -0.25) is 4.98 Å². The molecular formula is C25H35N3O2S. The van der Waals surface area contributed by atoms with Crippen LogP contribution in [0.5, 0.6) is 0 Å². The zero-order valence-corrected chi connectivity index (χ0v) is 20.4. The standard InChI is InChI=1S/C25H35N3O2S/c1-18(2)16-27-17-23(11-14-28(19(3)4)31(29,30)20(5)6)24-8-7-22(15-25(24)27)21-9-12-26-13-10-21/h7-10,12-13,15,17-20H,11,14,16H2,1-6H3. The number of fused-ring (bicyclic) bond motifs is 1. The van der Waals surface area contributed by atoms with Gasteiger partial charge < -0.3 is 4.57 Å². The molecule has 0 saturated heterocycles. The largest absolute Gasteiger partial charge is 0.347 e. The minimum absolute atomic E-state index is 0.0605. The molecule has 0 bridgehead atoms. The van der Waals surface area contributed by atoms with E-state index in [0.717, 1.165) is 17.7 Å². The number of rotatable bonds is 9. The molecule has 0 aliphatic rings. The van der Waals surface area contributed by atoms with Crippen molar-refractivity contribution >= 4 is 20.9 Å². The molecule has 168 valence electrons. The number of aromatic nitrogens is 2. The number of hydrogen-bond donors (Lipinski definition) is 0. The molecule has 31 heavy (non-hydrogen) atoms. The van der Waals surface area contributed by atoms with Crippen molar-refractivity contribution in [3.63, 3.8) is 0 Å². The van der Waals surface area contributed by atoms with Crippen molar-refractivity contribution in [2.75, 3.05) is 6.54 Å². The Morgan fingerprint density at radius 3 is 2.23 bits per heavy atom. The number of nitrogens with zero attached hydrogens (tertiary/aromatic N) is 3. The van der Waals surface area contributed by atoms with E-state index >= 15 is 0 Å². The lowest BCUT2D eigenvalue weighted by atomic mass is 10.0. The molecule has 0 aliphatic heterocycles. The summed E-state index contributed by atoms with van der Waals surface area (Å²) in [6.45, 7) is 13.2. The second kappa shape index (κ2) is 9.53. The first-order chi connectivity index (χ1) is 14.6. The van der Waals surface area contributed by atoms with Crippen LogP contribution in [-0.4, -0.2) is 40.1 Å². The number of benzene rings is 1. The molecule has 3 rings (SSSR count). The summed E-state index contributed by atoms with van der Waals surface area (Å²) < 4.78 is 29.6. The van der Waals surface area contributed by atoms with Gasteiger partial charge in [-0.15, -0.1) is 0 Å². The van der Waals surface area contributed by atoms with Crippen LogP contribution in [0, 0.1) is 5.92 Å².